The molecule has 5 nitrogen and oxygen atoms in total. The highest BCUT2D eigenvalue weighted by molar-refractivity contribution is 7.17. The van der Waals surface area contributed by atoms with Crippen molar-refractivity contribution in [3.8, 4) is 0 Å². The summed E-state index contributed by atoms with van der Waals surface area (Å²) < 4.78 is 5.44. The molecular weight excluding hydrogens is 408 g/mol. The first-order valence-electron chi connectivity index (χ1n) is 10.3. The standard InChI is InChI=1S/C25H22N2O3S/c1-17-5-4-6-18(15-17)27-24(28)21-8-3-2-7-20(21)22(25(27)29)16-19-9-10-23(31-19)26-11-13-30-14-12-26/h2-10,15-16H,11-14H2,1H3. The smallest absolute Gasteiger partial charge is 0.266 e. The molecule has 0 aliphatic carbocycles. The number of thiophene rings is 1. The summed E-state index contributed by atoms with van der Waals surface area (Å²) in [6.07, 6.45) is 1.91. The van der Waals surface area contributed by atoms with Crippen molar-refractivity contribution in [1.29, 1.82) is 0 Å². The summed E-state index contributed by atoms with van der Waals surface area (Å²) in [7, 11) is 0. The van der Waals surface area contributed by atoms with Crippen molar-refractivity contribution in [3.05, 3.63) is 82.2 Å². The van der Waals surface area contributed by atoms with Crippen molar-refractivity contribution < 1.29 is 14.3 Å². The molecule has 31 heavy (non-hydrogen) atoms. The van der Waals surface area contributed by atoms with Gasteiger partial charge in [-0.15, -0.1) is 11.3 Å². The van der Waals surface area contributed by atoms with Crippen LogP contribution in [0.4, 0.5) is 10.7 Å². The molecule has 2 amide bonds. The number of morpholine rings is 1. The van der Waals surface area contributed by atoms with Crippen LogP contribution in [0.15, 0.2) is 60.7 Å². The Labute approximate surface area is 185 Å². The lowest BCUT2D eigenvalue weighted by Crippen LogP contribution is -2.41. The van der Waals surface area contributed by atoms with Crippen LogP contribution in [0.5, 0.6) is 0 Å². The van der Waals surface area contributed by atoms with Gasteiger partial charge in [-0.3, -0.25) is 9.59 Å². The highest BCUT2D eigenvalue weighted by atomic mass is 32.1. The van der Waals surface area contributed by atoms with E-state index in [2.05, 4.69) is 11.0 Å². The third-order valence-corrected chi connectivity index (χ3v) is 6.66. The van der Waals surface area contributed by atoms with Crippen molar-refractivity contribution >= 4 is 45.5 Å². The first-order chi connectivity index (χ1) is 15.1. The number of hydrogen-bond acceptors (Lipinski definition) is 5. The van der Waals surface area contributed by atoms with Gasteiger partial charge in [0.2, 0.25) is 0 Å². The van der Waals surface area contributed by atoms with E-state index in [-0.39, 0.29) is 11.8 Å². The van der Waals surface area contributed by atoms with Crippen molar-refractivity contribution in [2.75, 3.05) is 36.1 Å². The van der Waals surface area contributed by atoms with Crippen LogP contribution < -0.4 is 9.80 Å². The van der Waals surface area contributed by atoms with E-state index in [4.69, 9.17) is 4.74 Å². The highest BCUT2D eigenvalue weighted by Gasteiger charge is 2.35. The van der Waals surface area contributed by atoms with E-state index in [9.17, 15) is 9.59 Å². The number of aryl methyl sites for hydroxylation is 1. The fraction of sp³-hybridized carbons (Fsp3) is 0.200. The van der Waals surface area contributed by atoms with Gasteiger partial charge in [0, 0.05) is 34.7 Å². The van der Waals surface area contributed by atoms with Crippen molar-refractivity contribution in [3.63, 3.8) is 0 Å². The number of fused-ring (bicyclic) bond motifs is 1. The number of rotatable bonds is 3. The summed E-state index contributed by atoms with van der Waals surface area (Å²) in [5.41, 5.74) is 3.35. The predicted octanol–water partition coefficient (Wildman–Crippen LogP) is 4.62. The Morgan fingerprint density at radius 1 is 0.903 bits per heavy atom. The normalized spacial score (nSPS) is 17.9. The first kappa shape index (κ1) is 19.7. The van der Waals surface area contributed by atoms with E-state index in [0.29, 0.717) is 22.4 Å². The number of amides is 2. The van der Waals surface area contributed by atoms with Crippen molar-refractivity contribution in [1.82, 2.24) is 0 Å². The minimum atomic E-state index is -0.296. The molecular formula is C25H22N2O3S. The largest absolute Gasteiger partial charge is 0.378 e. The number of benzene rings is 2. The first-order valence-corrected chi connectivity index (χ1v) is 11.1. The summed E-state index contributed by atoms with van der Waals surface area (Å²) in [5.74, 6) is -0.584. The van der Waals surface area contributed by atoms with Gasteiger partial charge in [-0.1, -0.05) is 30.3 Å². The van der Waals surface area contributed by atoms with Crippen LogP contribution >= 0.6 is 11.3 Å². The van der Waals surface area contributed by atoms with Crippen LogP contribution in [0, 0.1) is 6.92 Å². The second-order valence-electron chi connectivity index (χ2n) is 7.66. The third-order valence-electron chi connectivity index (χ3n) is 5.57. The van der Waals surface area contributed by atoms with Crippen LogP contribution in [0.1, 0.15) is 26.4 Å². The van der Waals surface area contributed by atoms with Gasteiger partial charge in [0.1, 0.15) is 0 Å². The molecule has 0 spiro atoms. The lowest BCUT2D eigenvalue weighted by molar-refractivity contribution is -0.112. The van der Waals surface area contributed by atoms with Crippen LogP contribution in [-0.2, 0) is 9.53 Å². The van der Waals surface area contributed by atoms with Gasteiger partial charge < -0.3 is 9.64 Å². The number of carbonyl (C=O) groups excluding carboxylic acids is 2. The summed E-state index contributed by atoms with van der Waals surface area (Å²) in [6, 6.07) is 18.9. The second kappa shape index (κ2) is 8.13. The van der Waals surface area contributed by atoms with E-state index >= 15 is 0 Å². The summed E-state index contributed by atoms with van der Waals surface area (Å²) in [6.45, 7) is 5.15. The van der Waals surface area contributed by atoms with E-state index in [1.807, 2.05) is 55.5 Å². The Bertz CT molecular complexity index is 1190. The maximum Gasteiger partial charge on any atom is 0.266 e. The molecule has 0 saturated carbocycles. The lowest BCUT2D eigenvalue weighted by atomic mass is 9.92. The maximum atomic E-state index is 13.5. The summed E-state index contributed by atoms with van der Waals surface area (Å²) >= 11 is 1.65. The number of ether oxygens (including phenoxy) is 1. The van der Waals surface area contributed by atoms with Crippen molar-refractivity contribution in [2.45, 2.75) is 6.92 Å². The number of hydrogen-bond donors (Lipinski definition) is 0. The van der Waals surface area contributed by atoms with Gasteiger partial charge in [-0.05, 0) is 48.9 Å². The quantitative estimate of drug-likeness (QED) is 0.449. The Kier molecular flexibility index (Phi) is 5.18. The fourth-order valence-corrected chi connectivity index (χ4v) is 5.01. The van der Waals surface area contributed by atoms with E-state index < -0.39 is 0 Å². The molecule has 2 aliphatic heterocycles. The molecule has 0 atom stereocenters. The van der Waals surface area contributed by atoms with Gasteiger partial charge in [0.15, 0.2) is 0 Å². The van der Waals surface area contributed by atoms with Gasteiger partial charge in [0.25, 0.3) is 11.8 Å². The number of anilines is 2. The number of nitrogens with zero attached hydrogens (tertiary/aromatic N) is 2. The van der Waals surface area contributed by atoms with Crippen molar-refractivity contribution in [2.24, 2.45) is 0 Å². The Balaban J connectivity index is 1.57. The molecule has 2 aromatic carbocycles. The average molecular weight is 431 g/mol. The van der Waals surface area contributed by atoms with Crippen LogP contribution in [0.2, 0.25) is 0 Å². The zero-order chi connectivity index (χ0) is 21.4. The molecule has 1 fully saturated rings. The number of carbonyl (C=O) groups is 2. The van der Waals surface area contributed by atoms with Gasteiger partial charge in [-0.2, -0.15) is 0 Å². The predicted molar refractivity (Wildman–Crippen MR) is 125 cm³/mol. The van der Waals surface area contributed by atoms with E-state index in [1.165, 1.54) is 9.90 Å². The Morgan fingerprint density at radius 2 is 1.68 bits per heavy atom. The zero-order valence-electron chi connectivity index (χ0n) is 17.2. The fourth-order valence-electron chi connectivity index (χ4n) is 4.01. The minimum Gasteiger partial charge on any atom is -0.378 e. The van der Waals surface area contributed by atoms with Gasteiger partial charge in [0.05, 0.1) is 23.9 Å². The molecule has 156 valence electrons. The van der Waals surface area contributed by atoms with Crippen LogP contribution in [0.3, 0.4) is 0 Å². The second-order valence-corrected chi connectivity index (χ2v) is 8.76. The van der Waals surface area contributed by atoms with Crippen LogP contribution in [0.25, 0.3) is 11.6 Å². The maximum absolute atomic E-state index is 13.5. The molecule has 6 heteroatoms. The van der Waals surface area contributed by atoms with Crippen LogP contribution in [-0.4, -0.2) is 38.1 Å². The molecule has 3 aromatic rings. The monoisotopic (exact) mass is 430 g/mol. The molecule has 0 bridgehead atoms. The minimum absolute atomic E-state index is 0.288. The SMILES string of the molecule is Cc1cccc(N2C(=O)C(=Cc3ccc(N4CCOCC4)s3)c3ccccc3C2=O)c1. The highest BCUT2D eigenvalue weighted by Crippen LogP contribution is 2.36. The summed E-state index contributed by atoms with van der Waals surface area (Å²) in [5, 5.41) is 1.17. The number of imide groups is 1. The Morgan fingerprint density at radius 3 is 2.45 bits per heavy atom. The van der Waals surface area contributed by atoms with Gasteiger partial charge in [-0.25, -0.2) is 4.90 Å². The molecule has 1 aromatic heterocycles. The average Bonchev–Trinajstić information content (AvgIpc) is 3.26. The molecule has 5 rings (SSSR count). The molecule has 2 aliphatic rings. The Hall–Kier alpha value is -3.22. The van der Waals surface area contributed by atoms with Gasteiger partial charge >= 0.3 is 0 Å². The topological polar surface area (TPSA) is 49.9 Å². The molecule has 3 heterocycles. The van der Waals surface area contributed by atoms with E-state index in [0.717, 1.165) is 36.7 Å². The third kappa shape index (κ3) is 3.69. The summed E-state index contributed by atoms with van der Waals surface area (Å²) in [4.78, 5) is 31.3. The zero-order valence-corrected chi connectivity index (χ0v) is 18.0. The molecule has 1 saturated heterocycles. The molecule has 0 N–H and O–H groups in total. The lowest BCUT2D eigenvalue weighted by Gasteiger charge is -2.29. The van der Waals surface area contributed by atoms with E-state index in [1.54, 1.807) is 23.5 Å². The molecule has 0 unspecified atom stereocenters. The molecule has 0 radical (unpaired) electrons.